The molecule has 0 fully saturated rings. The highest BCUT2D eigenvalue weighted by atomic mass is 79.9. The van der Waals surface area contributed by atoms with E-state index in [1.54, 1.807) is 7.11 Å². The monoisotopic (exact) mass is 365 g/mol. The Hall–Kier alpha value is -0.970. The Kier molecular flexibility index (Phi) is 6.15. The zero-order chi connectivity index (χ0) is 15.2. The fourth-order valence-electron chi connectivity index (χ4n) is 2.01. The van der Waals surface area contributed by atoms with Gasteiger partial charge in [0.15, 0.2) is 0 Å². The van der Waals surface area contributed by atoms with Gasteiger partial charge in [-0.3, -0.25) is 0 Å². The maximum absolute atomic E-state index is 5.26. The lowest BCUT2D eigenvalue weighted by molar-refractivity contribution is 0.412. The third-order valence-corrected chi connectivity index (χ3v) is 5.10. The van der Waals surface area contributed by atoms with Gasteiger partial charge >= 0.3 is 0 Å². The minimum Gasteiger partial charge on any atom is -0.496 e. The number of thioether (sulfide) groups is 1. The summed E-state index contributed by atoms with van der Waals surface area (Å²) in [6.07, 6.45) is 0. The quantitative estimate of drug-likeness (QED) is 0.725. The molecule has 0 amide bonds. The summed E-state index contributed by atoms with van der Waals surface area (Å²) in [6.45, 7) is 2.17. The van der Waals surface area contributed by atoms with Crippen LogP contribution in [0.15, 0.2) is 51.8 Å². The molecule has 0 heterocycles. The first-order valence-electron chi connectivity index (χ1n) is 6.86. The van der Waals surface area contributed by atoms with Crippen molar-refractivity contribution in [2.75, 3.05) is 14.2 Å². The van der Waals surface area contributed by atoms with Crippen LogP contribution >= 0.6 is 27.7 Å². The second-order valence-electron chi connectivity index (χ2n) is 4.84. The number of methoxy groups -OCH3 is 1. The molecule has 2 aromatic carbocycles. The van der Waals surface area contributed by atoms with Crippen LogP contribution in [0, 0.1) is 0 Å². The Morgan fingerprint density at radius 1 is 1.24 bits per heavy atom. The van der Waals surface area contributed by atoms with Crippen LogP contribution in [0.1, 0.15) is 24.1 Å². The van der Waals surface area contributed by atoms with Crippen LogP contribution in [0.25, 0.3) is 0 Å². The zero-order valence-corrected chi connectivity index (χ0v) is 14.9. The summed E-state index contributed by atoms with van der Waals surface area (Å²) in [5, 5.41) is 3.27. The number of nitrogens with one attached hydrogen (secondary N) is 1. The SMILES string of the molecule is CNC(C)c1cccc(SCc2ccc(OC)c(Br)c2)c1. The van der Waals surface area contributed by atoms with Crippen LogP contribution in [0.4, 0.5) is 0 Å². The minimum absolute atomic E-state index is 0.376. The number of benzene rings is 2. The number of halogens is 1. The van der Waals surface area contributed by atoms with Crippen molar-refractivity contribution in [3.63, 3.8) is 0 Å². The average Bonchev–Trinajstić information content (AvgIpc) is 2.52. The molecule has 0 spiro atoms. The van der Waals surface area contributed by atoms with Crippen molar-refractivity contribution < 1.29 is 4.74 Å². The first kappa shape index (κ1) is 16.4. The standard InChI is InChI=1S/C17H20BrNOS/c1-12(19-2)14-5-4-6-15(10-14)21-11-13-7-8-17(20-3)16(18)9-13/h4-10,12,19H,11H2,1-3H3. The van der Waals surface area contributed by atoms with Gasteiger partial charge in [-0.25, -0.2) is 0 Å². The predicted octanol–water partition coefficient (Wildman–Crippen LogP) is 5.03. The molecular formula is C17H20BrNOS. The molecule has 4 heteroatoms. The first-order chi connectivity index (χ1) is 10.1. The van der Waals surface area contributed by atoms with Crippen molar-refractivity contribution in [2.45, 2.75) is 23.6 Å². The number of rotatable bonds is 6. The Morgan fingerprint density at radius 2 is 2.05 bits per heavy atom. The van der Waals surface area contributed by atoms with E-state index in [4.69, 9.17) is 4.74 Å². The molecule has 0 saturated carbocycles. The lowest BCUT2D eigenvalue weighted by Gasteiger charge is -2.12. The highest BCUT2D eigenvalue weighted by Crippen LogP contribution is 2.30. The highest BCUT2D eigenvalue weighted by Gasteiger charge is 2.05. The molecule has 0 radical (unpaired) electrons. The normalized spacial score (nSPS) is 12.2. The van der Waals surface area contributed by atoms with E-state index in [1.807, 2.05) is 24.9 Å². The van der Waals surface area contributed by atoms with Crippen molar-refractivity contribution in [3.8, 4) is 5.75 Å². The van der Waals surface area contributed by atoms with Gasteiger partial charge in [0.1, 0.15) is 5.75 Å². The van der Waals surface area contributed by atoms with E-state index < -0.39 is 0 Å². The molecule has 1 N–H and O–H groups in total. The second kappa shape index (κ2) is 7.87. The number of ether oxygens (including phenoxy) is 1. The molecule has 0 saturated heterocycles. The van der Waals surface area contributed by atoms with E-state index in [0.29, 0.717) is 6.04 Å². The van der Waals surface area contributed by atoms with Crippen LogP contribution in [0.5, 0.6) is 5.75 Å². The van der Waals surface area contributed by atoms with Crippen LogP contribution in [-0.2, 0) is 5.75 Å². The van der Waals surface area contributed by atoms with Gasteiger partial charge in [0, 0.05) is 16.7 Å². The molecule has 0 aromatic heterocycles. The van der Waals surface area contributed by atoms with Gasteiger partial charge in [-0.15, -0.1) is 11.8 Å². The van der Waals surface area contributed by atoms with Gasteiger partial charge in [-0.2, -0.15) is 0 Å². The van der Waals surface area contributed by atoms with Crippen LogP contribution < -0.4 is 10.1 Å². The summed E-state index contributed by atoms with van der Waals surface area (Å²) < 4.78 is 6.26. The van der Waals surface area contributed by atoms with Crippen LogP contribution in [-0.4, -0.2) is 14.2 Å². The summed E-state index contributed by atoms with van der Waals surface area (Å²) in [4.78, 5) is 1.29. The zero-order valence-electron chi connectivity index (χ0n) is 12.5. The lowest BCUT2D eigenvalue weighted by atomic mass is 10.1. The fraction of sp³-hybridized carbons (Fsp3) is 0.294. The largest absolute Gasteiger partial charge is 0.496 e. The molecule has 2 aromatic rings. The summed E-state index contributed by atoms with van der Waals surface area (Å²) >= 11 is 5.38. The molecule has 0 aliphatic carbocycles. The van der Waals surface area contributed by atoms with Crippen molar-refractivity contribution in [1.82, 2.24) is 5.32 Å². The van der Waals surface area contributed by atoms with Gasteiger partial charge in [-0.05, 0) is 65.3 Å². The van der Waals surface area contributed by atoms with E-state index in [2.05, 4.69) is 64.6 Å². The maximum atomic E-state index is 5.26. The maximum Gasteiger partial charge on any atom is 0.133 e. The number of hydrogen-bond donors (Lipinski definition) is 1. The Bertz CT molecular complexity index is 603. The van der Waals surface area contributed by atoms with Crippen molar-refractivity contribution in [3.05, 3.63) is 58.1 Å². The third kappa shape index (κ3) is 4.50. The number of hydrogen-bond acceptors (Lipinski definition) is 3. The summed E-state index contributed by atoms with van der Waals surface area (Å²) in [5.41, 5.74) is 2.60. The van der Waals surface area contributed by atoms with Gasteiger partial charge in [0.2, 0.25) is 0 Å². The van der Waals surface area contributed by atoms with Gasteiger partial charge in [-0.1, -0.05) is 18.2 Å². The van der Waals surface area contributed by atoms with E-state index in [9.17, 15) is 0 Å². The predicted molar refractivity (Wildman–Crippen MR) is 94.2 cm³/mol. The molecule has 2 rings (SSSR count). The van der Waals surface area contributed by atoms with Crippen molar-refractivity contribution in [1.29, 1.82) is 0 Å². The molecule has 2 nitrogen and oxygen atoms in total. The molecule has 21 heavy (non-hydrogen) atoms. The highest BCUT2D eigenvalue weighted by molar-refractivity contribution is 9.10. The molecule has 1 unspecified atom stereocenters. The third-order valence-electron chi connectivity index (χ3n) is 3.41. The van der Waals surface area contributed by atoms with E-state index in [-0.39, 0.29) is 0 Å². The molecule has 112 valence electrons. The summed E-state index contributed by atoms with van der Waals surface area (Å²) in [5.74, 6) is 1.81. The topological polar surface area (TPSA) is 21.3 Å². The minimum atomic E-state index is 0.376. The van der Waals surface area contributed by atoms with E-state index >= 15 is 0 Å². The molecule has 0 aliphatic rings. The van der Waals surface area contributed by atoms with E-state index in [1.165, 1.54) is 16.0 Å². The van der Waals surface area contributed by atoms with E-state index in [0.717, 1.165) is 16.0 Å². The Balaban J connectivity index is 2.04. The average molecular weight is 366 g/mol. The lowest BCUT2D eigenvalue weighted by Crippen LogP contribution is -2.11. The second-order valence-corrected chi connectivity index (χ2v) is 6.74. The van der Waals surface area contributed by atoms with Gasteiger partial charge in [0.05, 0.1) is 11.6 Å². The summed E-state index contributed by atoms with van der Waals surface area (Å²) in [7, 11) is 3.67. The Morgan fingerprint density at radius 3 is 2.71 bits per heavy atom. The summed E-state index contributed by atoms with van der Waals surface area (Å²) in [6, 6.07) is 15.3. The molecule has 0 aliphatic heterocycles. The van der Waals surface area contributed by atoms with Crippen LogP contribution in [0.3, 0.4) is 0 Å². The molecule has 0 bridgehead atoms. The Labute approximate surface area is 139 Å². The van der Waals surface area contributed by atoms with Gasteiger partial charge in [0.25, 0.3) is 0 Å². The first-order valence-corrected chi connectivity index (χ1v) is 8.64. The van der Waals surface area contributed by atoms with Crippen molar-refractivity contribution in [2.24, 2.45) is 0 Å². The smallest absolute Gasteiger partial charge is 0.133 e. The molecule has 1 atom stereocenters. The molecular weight excluding hydrogens is 346 g/mol. The fourth-order valence-corrected chi connectivity index (χ4v) is 3.50. The van der Waals surface area contributed by atoms with Crippen molar-refractivity contribution >= 4 is 27.7 Å². The van der Waals surface area contributed by atoms with Gasteiger partial charge < -0.3 is 10.1 Å². The van der Waals surface area contributed by atoms with Crippen LogP contribution in [0.2, 0.25) is 0 Å².